The minimum absolute atomic E-state index is 0.725. The monoisotopic (exact) mass is 234 g/mol. The molecule has 0 aliphatic carbocycles. The highest BCUT2D eigenvalue weighted by Gasteiger charge is 2.12. The van der Waals surface area contributed by atoms with Crippen LogP contribution in [0, 0.1) is 0 Å². The number of ether oxygens (including phenoxy) is 1. The molecule has 0 unspecified atom stereocenters. The molecule has 1 N–H and O–H groups in total. The third-order valence-electron chi connectivity index (χ3n) is 3.10. The molecule has 0 atom stereocenters. The van der Waals surface area contributed by atoms with Crippen molar-refractivity contribution in [3.8, 4) is 5.75 Å². The Labute approximate surface area is 104 Å². The highest BCUT2D eigenvalue weighted by atomic mass is 16.5. The molecule has 3 heteroatoms. The van der Waals surface area contributed by atoms with Gasteiger partial charge in [-0.05, 0) is 38.4 Å². The van der Waals surface area contributed by atoms with Gasteiger partial charge in [-0.2, -0.15) is 0 Å². The molecule has 1 aliphatic rings. The summed E-state index contributed by atoms with van der Waals surface area (Å²) < 4.78 is 5.70. The topological polar surface area (TPSA) is 24.5 Å². The quantitative estimate of drug-likeness (QED) is 0.868. The van der Waals surface area contributed by atoms with Crippen molar-refractivity contribution in [2.24, 2.45) is 0 Å². The number of nitrogens with zero attached hydrogens (tertiary/aromatic N) is 1. The van der Waals surface area contributed by atoms with E-state index in [0.717, 1.165) is 38.5 Å². The molecule has 0 spiro atoms. The van der Waals surface area contributed by atoms with Crippen LogP contribution < -0.4 is 15.0 Å². The fraction of sp³-hybridized carbons (Fsp3) is 0.571. The van der Waals surface area contributed by atoms with Crippen LogP contribution in [0.5, 0.6) is 5.75 Å². The van der Waals surface area contributed by atoms with Crippen LogP contribution in [-0.2, 0) is 0 Å². The molecule has 94 valence electrons. The van der Waals surface area contributed by atoms with Crippen LogP contribution in [0.2, 0.25) is 0 Å². The van der Waals surface area contributed by atoms with Gasteiger partial charge in [0.05, 0.1) is 12.3 Å². The van der Waals surface area contributed by atoms with Gasteiger partial charge in [0.15, 0.2) is 0 Å². The summed E-state index contributed by atoms with van der Waals surface area (Å²) in [7, 11) is 0. The molecule has 1 aromatic carbocycles. The zero-order valence-corrected chi connectivity index (χ0v) is 10.6. The Morgan fingerprint density at radius 2 is 2.06 bits per heavy atom. The fourth-order valence-electron chi connectivity index (χ4n) is 2.24. The molecule has 1 fully saturated rings. The van der Waals surface area contributed by atoms with E-state index in [4.69, 9.17) is 4.74 Å². The van der Waals surface area contributed by atoms with E-state index in [0.29, 0.717) is 0 Å². The predicted octanol–water partition coefficient (Wildman–Crippen LogP) is 2.28. The first-order valence-corrected chi connectivity index (χ1v) is 6.59. The molecule has 17 heavy (non-hydrogen) atoms. The largest absolute Gasteiger partial charge is 0.492 e. The summed E-state index contributed by atoms with van der Waals surface area (Å²) in [6.07, 6.45) is 2.50. The van der Waals surface area contributed by atoms with Gasteiger partial charge in [0.25, 0.3) is 0 Å². The Bertz CT molecular complexity index is 333. The Morgan fingerprint density at radius 3 is 2.94 bits per heavy atom. The maximum Gasteiger partial charge on any atom is 0.142 e. The van der Waals surface area contributed by atoms with Gasteiger partial charge in [0, 0.05) is 19.6 Å². The molecule has 0 saturated carbocycles. The van der Waals surface area contributed by atoms with Gasteiger partial charge in [0.1, 0.15) is 5.75 Å². The number of para-hydroxylation sites is 2. The molecular formula is C14H22N2O. The van der Waals surface area contributed by atoms with Crippen LogP contribution >= 0.6 is 0 Å². The second kappa shape index (κ2) is 6.50. The summed E-state index contributed by atoms with van der Waals surface area (Å²) >= 11 is 0. The van der Waals surface area contributed by atoms with Crippen molar-refractivity contribution in [3.63, 3.8) is 0 Å². The fourth-order valence-corrected chi connectivity index (χ4v) is 2.24. The van der Waals surface area contributed by atoms with Crippen LogP contribution in [0.4, 0.5) is 5.69 Å². The van der Waals surface area contributed by atoms with E-state index in [9.17, 15) is 0 Å². The Kier molecular flexibility index (Phi) is 4.68. The molecule has 1 saturated heterocycles. The lowest BCUT2D eigenvalue weighted by atomic mass is 10.2. The number of nitrogens with one attached hydrogen (secondary N) is 1. The maximum absolute atomic E-state index is 5.70. The number of rotatable bonds is 3. The zero-order valence-electron chi connectivity index (χ0n) is 10.6. The number of anilines is 1. The average molecular weight is 234 g/mol. The van der Waals surface area contributed by atoms with Crippen molar-refractivity contribution in [1.82, 2.24) is 5.32 Å². The lowest BCUT2D eigenvalue weighted by Crippen LogP contribution is -2.36. The lowest BCUT2D eigenvalue weighted by molar-refractivity contribution is 0.340. The highest BCUT2D eigenvalue weighted by molar-refractivity contribution is 5.58. The molecule has 0 amide bonds. The number of benzene rings is 1. The molecule has 0 aromatic heterocycles. The second-order valence-corrected chi connectivity index (χ2v) is 4.34. The van der Waals surface area contributed by atoms with E-state index >= 15 is 0 Å². The molecule has 1 heterocycles. The van der Waals surface area contributed by atoms with Gasteiger partial charge in [-0.3, -0.25) is 0 Å². The number of hydrogen-bond donors (Lipinski definition) is 1. The SMILES string of the molecule is CCOc1ccccc1N1CCCCNCC1. The average Bonchev–Trinajstić information content (AvgIpc) is 2.30. The summed E-state index contributed by atoms with van der Waals surface area (Å²) in [6.45, 7) is 7.16. The van der Waals surface area contributed by atoms with Gasteiger partial charge in [-0.1, -0.05) is 12.1 Å². The number of hydrogen-bond acceptors (Lipinski definition) is 3. The van der Waals surface area contributed by atoms with E-state index < -0.39 is 0 Å². The molecule has 0 bridgehead atoms. The normalized spacial score (nSPS) is 17.4. The standard InChI is InChI=1S/C14H22N2O/c1-2-17-14-8-4-3-7-13(14)16-11-6-5-9-15-10-12-16/h3-4,7-8,15H,2,5-6,9-12H2,1H3. The maximum atomic E-state index is 5.70. The Balaban J connectivity index is 2.12. The van der Waals surface area contributed by atoms with Gasteiger partial charge in [-0.15, -0.1) is 0 Å². The van der Waals surface area contributed by atoms with Gasteiger partial charge >= 0.3 is 0 Å². The summed E-state index contributed by atoms with van der Waals surface area (Å²) in [5, 5.41) is 3.46. The highest BCUT2D eigenvalue weighted by Crippen LogP contribution is 2.28. The summed E-state index contributed by atoms with van der Waals surface area (Å²) in [5.41, 5.74) is 1.23. The molecule has 3 nitrogen and oxygen atoms in total. The van der Waals surface area contributed by atoms with Crippen LogP contribution in [0.25, 0.3) is 0 Å². The Morgan fingerprint density at radius 1 is 1.18 bits per heavy atom. The van der Waals surface area contributed by atoms with E-state index in [2.05, 4.69) is 28.4 Å². The smallest absolute Gasteiger partial charge is 0.142 e. The van der Waals surface area contributed by atoms with E-state index in [1.807, 2.05) is 13.0 Å². The third kappa shape index (κ3) is 3.37. The molecule has 1 aromatic rings. The van der Waals surface area contributed by atoms with E-state index in [-0.39, 0.29) is 0 Å². The molecule has 2 rings (SSSR count). The molecule has 1 aliphatic heterocycles. The van der Waals surface area contributed by atoms with Crippen LogP contribution in [-0.4, -0.2) is 32.8 Å². The van der Waals surface area contributed by atoms with Crippen molar-refractivity contribution in [3.05, 3.63) is 24.3 Å². The lowest BCUT2D eigenvalue weighted by Gasteiger charge is -2.28. The first-order chi connectivity index (χ1) is 8.42. The van der Waals surface area contributed by atoms with Crippen molar-refractivity contribution in [2.45, 2.75) is 19.8 Å². The predicted molar refractivity (Wildman–Crippen MR) is 71.9 cm³/mol. The van der Waals surface area contributed by atoms with Crippen molar-refractivity contribution < 1.29 is 4.74 Å². The molecule has 0 radical (unpaired) electrons. The van der Waals surface area contributed by atoms with Crippen molar-refractivity contribution in [2.75, 3.05) is 37.7 Å². The van der Waals surface area contributed by atoms with E-state index in [1.54, 1.807) is 0 Å². The molecular weight excluding hydrogens is 212 g/mol. The minimum Gasteiger partial charge on any atom is -0.492 e. The first-order valence-electron chi connectivity index (χ1n) is 6.59. The van der Waals surface area contributed by atoms with Crippen LogP contribution in [0.3, 0.4) is 0 Å². The van der Waals surface area contributed by atoms with Gasteiger partial charge in [-0.25, -0.2) is 0 Å². The van der Waals surface area contributed by atoms with E-state index in [1.165, 1.54) is 18.5 Å². The van der Waals surface area contributed by atoms with Crippen molar-refractivity contribution in [1.29, 1.82) is 0 Å². The summed E-state index contributed by atoms with van der Waals surface area (Å²) in [6, 6.07) is 8.35. The van der Waals surface area contributed by atoms with Crippen molar-refractivity contribution >= 4 is 5.69 Å². The van der Waals surface area contributed by atoms with Crippen LogP contribution in [0.1, 0.15) is 19.8 Å². The van der Waals surface area contributed by atoms with Gasteiger partial charge in [0.2, 0.25) is 0 Å². The van der Waals surface area contributed by atoms with Crippen LogP contribution in [0.15, 0.2) is 24.3 Å². The minimum atomic E-state index is 0.725. The first kappa shape index (κ1) is 12.2. The zero-order chi connectivity index (χ0) is 11.9. The second-order valence-electron chi connectivity index (χ2n) is 4.34. The summed E-state index contributed by atoms with van der Waals surface area (Å²) in [5.74, 6) is 1.01. The Hall–Kier alpha value is -1.22. The summed E-state index contributed by atoms with van der Waals surface area (Å²) in [4.78, 5) is 2.43. The van der Waals surface area contributed by atoms with Gasteiger partial charge < -0.3 is 15.0 Å². The third-order valence-corrected chi connectivity index (χ3v) is 3.10.